The monoisotopic (exact) mass is 791 g/mol. The Bertz CT molecular complexity index is 2050. The third kappa shape index (κ3) is 8.11. The van der Waals surface area contributed by atoms with E-state index in [0.717, 1.165) is 96.8 Å². The van der Waals surface area contributed by atoms with Gasteiger partial charge < -0.3 is 33.8 Å². The average Bonchev–Trinajstić information content (AvgIpc) is 3.69. The molecule has 0 bridgehead atoms. The molecule has 4 aromatic rings. The molecule has 0 radical (unpaired) electrons. The molecule has 13 heteroatoms. The van der Waals surface area contributed by atoms with E-state index >= 15 is 0 Å². The molecule has 55 heavy (non-hydrogen) atoms. The van der Waals surface area contributed by atoms with E-state index in [1.165, 1.54) is 24.8 Å². The van der Waals surface area contributed by atoms with Gasteiger partial charge in [0.15, 0.2) is 0 Å². The first-order valence-corrected chi connectivity index (χ1v) is 19.2. The van der Waals surface area contributed by atoms with Crippen LogP contribution in [0.4, 0.5) is 11.4 Å². The van der Waals surface area contributed by atoms with E-state index in [1.807, 2.05) is 35.2 Å². The number of amides is 2. The van der Waals surface area contributed by atoms with Crippen LogP contribution in [0.5, 0.6) is 11.5 Å². The summed E-state index contributed by atoms with van der Waals surface area (Å²) in [5.74, 6) is 1.20. The lowest BCUT2D eigenvalue weighted by Crippen LogP contribution is -2.49. The topological polar surface area (TPSA) is 108 Å². The van der Waals surface area contributed by atoms with Gasteiger partial charge in [-0.15, -0.1) is 24.8 Å². The van der Waals surface area contributed by atoms with E-state index in [0.29, 0.717) is 50.0 Å². The van der Waals surface area contributed by atoms with Gasteiger partial charge in [-0.05, 0) is 73.2 Å². The molecule has 0 spiro atoms. The lowest BCUT2D eigenvalue weighted by molar-refractivity contribution is -0.130. The third-order valence-corrected chi connectivity index (χ3v) is 11.6. The van der Waals surface area contributed by atoms with Crippen molar-refractivity contribution in [3.8, 4) is 22.8 Å². The minimum atomic E-state index is -0.923. The van der Waals surface area contributed by atoms with Crippen LogP contribution in [-0.2, 0) is 22.7 Å². The Morgan fingerprint density at radius 1 is 0.891 bits per heavy atom. The zero-order chi connectivity index (χ0) is 36.6. The van der Waals surface area contributed by atoms with Crippen molar-refractivity contribution in [1.82, 2.24) is 14.4 Å². The van der Waals surface area contributed by atoms with Gasteiger partial charge in [-0.2, -0.15) is 0 Å². The Kier molecular flexibility index (Phi) is 12.5. The van der Waals surface area contributed by atoms with Crippen molar-refractivity contribution in [2.45, 2.75) is 64.0 Å². The molecule has 1 N–H and O–H groups in total. The summed E-state index contributed by atoms with van der Waals surface area (Å²) in [4.78, 5) is 45.1. The highest BCUT2D eigenvalue weighted by Crippen LogP contribution is 2.48. The van der Waals surface area contributed by atoms with E-state index in [4.69, 9.17) is 9.47 Å². The summed E-state index contributed by atoms with van der Waals surface area (Å²) in [6.07, 6.45) is 7.31. The number of rotatable bonds is 9. The maximum absolute atomic E-state index is 12.7. The van der Waals surface area contributed by atoms with Crippen LogP contribution in [0.15, 0.2) is 54.6 Å². The summed E-state index contributed by atoms with van der Waals surface area (Å²) in [5, 5.41) is 11.0. The first kappa shape index (κ1) is 40.2. The number of aromatic carboxylic acids is 1. The molecule has 1 aromatic heterocycles. The molecule has 11 nitrogen and oxygen atoms in total. The lowest BCUT2D eigenvalue weighted by Gasteiger charge is -2.37. The first-order chi connectivity index (χ1) is 25.7. The molecular formula is C42H51Cl2N5O6. The molecule has 4 aliphatic rings. The van der Waals surface area contributed by atoms with Crippen LogP contribution in [0.25, 0.3) is 22.2 Å². The molecule has 4 heterocycles. The molecule has 8 rings (SSSR count). The van der Waals surface area contributed by atoms with Crippen LogP contribution >= 0.6 is 24.8 Å². The number of fused-ring (bicyclic) bond motifs is 5. The van der Waals surface area contributed by atoms with Crippen LogP contribution in [0.2, 0.25) is 0 Å². The number of aromatic nitrogens is 1. The quantitative estimate of drug-likeness (QED) is 0.190. The maximum atomic E-state index is 12.7. The van der Waals surface area contributed by atoms with Gasteiger partial charge in [-0.25, -0.2) is 4.79 Å². The van der Waals surface area contributed by atoms with Crippen LogP contribution in [0.3, 0.4) is 0 Å². The van der Waals surface area contributed by atoms with Crippen LogP contribution in [-0.4, -0.2) is 97.2 Å². The predicted molar refractivity (Wildman–Crippen MR) is 220 cm³/mol. The molecule has 0 unspecified atom stereocenters. The highest BCUT2D eigenvalue weighted by molar-refractivity contribution is 5.99. The van der Waals surface area contributed by atoms with Gasteiger partial charge >= 0.3 is 5.97 Å². The second-order valence-corrected chi connectivity index (χ2v) is 15.1. The number of carbonyl (C=O) groups excluding carboxylic acids is 2. The van der Waals surface area contributed by atoms with Gasteiger partial charge in [0.2, 0.25) is 11.8 Å². The van der Waals surface area contributed by atoms with E-state index in [-0.39, 0.29) is 36.6 Å². The van der Waals surface area contributed by atoms with E-state index in [2.05, 4.69) is 32.6 Å². The molecule has 294 valence electrons. The fourth-order valence-corrected chi connectivity index (χ4v) is 8.72. The number of likely N-dealkylation sites (N-methyl/N-ethyl adjacent to an activating group) is 1. The van der Waals surface area contributed by atoms with Crippen molar-refractivity contribution >= 4 is 64.9 Å². The van der Waals surface area contributed by atoms with Gasteiger partial charge in [-0.1, -0.05) is 25.3 Å². The highest BCUT2D eigenvalue weighted by Gasteiger charge is 2.30. The fraction of sp³-hybridized carbons (Fsp3) is 0.452. The van der Waals surface area contributed by atoms with Gasteiger partial charge in [-0.3, -0.25) is 14.5 Å². The molecule has 2 saturated heterocycles. The number of hydrogen-bond donors (Lipinski definition) is 1. The highest BCUT2D eigenvalue weighted by atomic mass is 35.5. The largest absolute Gasteiger partial charge is 0.491 e. The Morgan fingerprint density at radius 3 is 2.38 bits per heavy atom. The van der Waals surface area contributed by atoms with Crippen molar-refractivity contribution in [2.24, 2.45) is 0 Å². The van der Waals surface area contributed by atoms with E-state index in [9.17, 15) is 19.5 Å². The number of ether oxygens (including phenoxy) is 2. The molecule has 3 aromatic carbocycles. The van der Waals surface area contributed by atoms with Crippen molar-refractivity contribution < 1.29 is 29.0 Å². The number of carboxylic acids is 1. The Balaban J connectivity index is 0.00000257. The summed E-state index contributed by atoms with van der Waals surface area (Å²) in [7, 11) is 3.58. The van der Waals surface area contributed by atoms with Crippen molar-refractivity contribution in [1.29, 1.82) is 0 Å². The normalized spacial score (nSPS) is 17.4. The number of carboxylic acid groups (broad SMARTS) is 1. The summed E-state index contributed by atoms with van der Waals surface area (Å²) in [6.45, 7) is 5.66. The Hall–Kier alpha value is -4.45. The second kappa shape index (κ2) is 17.1. The molecular weight excluding hydrogens is 741 g/mol. The van der Waals surface area contributed by atoms with Crippen molar-refractivity contribution in [3.05, 3.63) is 71.3 Å². The Labute approximate surface area is 335 Å². The van der Waals surface area contributed by atoms with Gasteiger partial charge in [0, 0.05) is 92.7 Å². The van der Waals surface area contributed by atoms with Crippen molar-refractivity contribution in [3.63, 3.8) is 0 Å². The van der Waals surface area contributed by atoms with Crippen molar-refractivity contribution in [2.75, 3.05) is 69.8 Å². The average molecular weight is 793 g/mol. The summed E-state index contributed by atoms with van der Waals surface area (Å²) in [5.41, 5.74) is 7.66. The van der Waals surface area contributed by atoms with Crippen LogP contribution < -0.4 is 19.3 Å². The van der Waals surface area contributed by atoms with Crippen LogP contribution in [0, 0.1) is 0 Å². The van der Waals surface area contributed by atoms with Gasteiger partial charge in [0.1, 0.15) is 24.7 Å². The molecule has 3 fully saturated rings. The molecule has 1 saturated carbocycles. The number of carbonyl (C=O) groups is 3. The minimum absolute atomic E-state index is 0. The van der Waals surface area contributed by atoms with Gasteiger partial charge in [0.25, 0.3) is 0 Å². The number of halogens is 2. The summed E-state index contributed by atoms with van der Waals surface area (Å²) in [6, 6.07) is 17.9. The predicted octanol–water partition coefficient (Wildman–Crippen LogP) is 7.21. The number of anilines is 2. The van der Waals surface area contributed by atoms with Gasteiger partial charge in [0.05, 0.1) is 24.3 Å². The first-order valence-electron chi connectivity index (χ1n) is 19.2. The standard InChI is InChI=1S/C42H49N5O6.2ClH/c1-43(2)39(49)26-44-17-19-45(20-18-44)35-15-11-31(46-16-6-9-38(46)48)23-30(35)27-53-32-12-14-34-37(25-32)52-22-21-47-36-24-29(42(50)51)10-13-33(36)40(41(34)47)28-7-4-3-5-8-28;;/h10-15,23-25,28H,3-9,16-22,26-27H2,1-2H3,(H,50,51);2*1H. The number of nitrogens with zero attached hydrogens (tertiary/aromatic N) is 5. The third-order valence-electron chi connectivity index (χ3n) is 11.6. The minimum Gasteiger partial charge on any atom is -0.491 e. The summed E-state index contributed by atoms with van der Waals surface area (Å²) < 4.78 is 15.3. The second-order valence-electron chi connectivity index (χ2n) is 15.1. The van der Waals surface area contributed by atoms with E-state index in [1.54, 1.807) is 25.1 Å². The summed E-state index contributed by atoms with van der Waals surface area (Å²) >= 11 is 0. The number of piperazine rings is 1. The molecule has 3 aliphatic heterocycles. The zero-order valence-electron chi connectivity index (χ0n) is 31.6. The smallest absolute Gasteiger partial charge is 0.335 e. The molecule has 0 atom stereocenters. The molecule has 1 aliphatic carbocycles. The fourth-order valence-electron chi connectivity index (χ4n) is 8.72. The SMILES string of the molecule is CN(C)C(=O)CN1CCN(c2ccc(N3CCCC3=O)cc2COc2ccc3c(c2)OCCn2c-3c(C3CCCCC3)c3ccc(C(=O)O)cc32)CC1.Cl.Cl. The van der Waals surface area contributed by atoms with Crippen LogP contribution in [0.1, 0.15) is 72.3 Å². The van der Waals surface area contributed by atoms with E-state index < -0.39 is 5.97 Å². The zero-order valence-corrected chi connectivity index (χ0v) is 33.3. The Morgan fingerprint density at radius 2 is 1.67 bits per heavy atom. The maximum Gasteiger partial charge on any atom is 0.335 e. The molecule has 2 amide bonds. The lowest BCUT2D eigenvalue weighted by atomic mass is 9.81. The number of benzene rings is 3. The number of hydrogen-bond acceptors (Lipinski definition) is 7.